The molecule has 0 aliphatic rings. The molecule has 2 N–H and O–H groups in total. The Morgan fingerprint density at radius 1 is 0.784 bits per heavy atom. The van der Waals surface area contributed by atoms with E-state index in [9.17, 15) is 13.2 Å². The quantitative estimate of drug-likeness (QED) is 0.244. The first-order chi connectivity index (χ1) is 17.9. The van der Waals surface area contributed by atoms with Crippen LogP contribution in [0, 0.1) is 6.92 Å². The van der Waals surface area contributed by atoms with E-state index in [4.69, 9.17) is 0 Å². The number of sulfonamides is 1. The molecule has 8 heteroatoms. The van der Waals surface area contributed by atoms with Gasteiger partial charge in [-0.25, -0.2) is 13.4 Å². The van der Waals surface area contributed by atoms with Gasteiger partial charge in [0.25, 0.3) is 15.9 Å². The molecule has 5 aromatic rings. The maximum atomic E-state index is 12.9. The van der Waals surface area contributed by atoms with Crippen molar-refractivity contribution in [1.29, 1.82) is 0 Å². The Bertz CT molecular complexity index is 1650. The number of anilines is 2. The number of thiazole rings is 1. The number of amides is 1. The number of hydrogen-bond acceptors (Lipinski definition) is 5. The summed E-state index contributed by atoms with van der Waals surface area (Å²) in [7, 11) is -3.77. The minimum atomic E-state index is -3.77. The number of carbonyl (C=O) groups is 1. The lowest BCUT2D eigenvalue weighted by Crippen LogP contribution is -2.15. The van der Waals surface area contributed by atoms with Crippen molar-refractivity contribution in [2.24, 2.45) is 0 Å². The van der Waals surface area contributed by atoms with Crippen molar-refractivity contribution in [1.82, 2.24) is 4.98 Å². The molecule has 1 heterocycles. The van der Waals surface area contributed by atoms with Crippen LogP contribution in [0.4, 0.5) is 10.8 Å². The second-order valence-corrected chi connectivity index (χ2v) is 11.0. The molecule has 0 radical (unpaired) electrons. The molecule has 0 bridgehead atoms. The lowest BCUT2D eigenvalue weighted by Gasteiger charge is -2.10. The van der Waals surface area contributed by atoms with Gasteiger partial charge in [-0.2, -0.15) is 0 Å². The molecular weight excluding hydrogens is 502 g/mol. The van der Waals surface area contributed by atoms with Crippen LogP contribution in [0.3, 0.4) is 0 Å². The van der Waals surface area contributed by atoms with Crippen LogP contribution in [-0.4, -0.2) is 19.3 Å². The van der Waals surface area contributed by atoms with Crippen molar-refractivity contribution < 1.29 is 13.2 Å². The van der Waals surface area contributed by atoms with Crippen molar-refractivity contribution in [2.45, 2.75) is 11.8 Å². The minimum absolute atomic E-state index is 0.153. The zero-order valence-electron chi connectivity index (χ0n) is 19.9. The largest absolute Gasteiger partial charge is 0.298 e. The molecule has 1 aromatic heterocycles. The molecule has 1 amide bonds. The van der Waals surface area contributed by atoms with Gasteiger partial charge < -0.3 is 0 Å². The van der Waals surface area contributed by atoms with Crippen molar-refractivity contribution >= 4 is 38.1 Å². The van der Waals surface area contributed by atoms with Crippen LogP contribution >= 0.6 is 11.3 Å². The monoisotopic (exact) mass is 525 g/mol. The Hall–Kier alpha value is -4.27. The Labute approximate surface area is 219 Å². The summed E-state index contributed by atoms with van der Waals surface area (Å²) in [6.45, 7) is 1.89. The SMILES string of the molecule is Cc1ccc(S(=O)(=O)Nc2cccc(C(=O)Nc3nc(-c4ccc(-c5ccccc5)cc4)cs3)c2)cc1. The number of nitrogens with zero attached hydrogens (tertiary/aromatic N) is 1. The average molecular weight is 526 g/mol. The molecule has 0 aliphatic heterocycles. The summed E-state index contributed by atoms with van der Waals surface area (Å²) < 4.78 is 27.9. The predicted octanol–water partition coefficient (Wildman–Crippen LogP) is 6.84. The van der Waals surface area contributed by atoms with E-state index in [1.807, 2.05) is 54.8 Å². The van der Waals surface area contributed by atoms with Crippen LogP contribution in [0.2, 0.25) is 0 Å². The molecule has 0 aliphatic carbocycles. The molecular formula is C29H23N3O3S2. The fourth-order valence-corrected chi connectivity index (χ4v) is 5.52. The summed E-state index contributed by atoms with van der Waals surface area (Å²) in [4.78, 5) is 17.6. The van der Waals surface area contributed by atoms with E-state index in [-0.39, 0.29) is 10.8 Å². The average Bonchev–Trinajstić information content (AvgIpc) is 3.38. The van der Waals surface area contributed by atoms with Gasteiger partial charge in [0.1, 0.15) is 0 Å². The fourth-order valence-electron chi connectivity index (χ4n) is 3.75. The lowest BCUT2D eigenvalue weighted by atomic mass is 10.0. The Morgan fingerprint density at radius 2 is 1.46 bits per heavy atom. The summed E-state index contributed by atoms with van der Waals surface area (Å²) in [5, 5.41) is 5.15. The van der Waals surface area contributed by atoms with Crippen molar-refractivity contribution in [3.8, 4) is 22.4 Å². The van der Waals surface area contributed by atoms with Crippen LogP contribution in [0.1, 0.15) is 15.9 Å². The van der Waals surface area contributed by atoms with Gasteiger partial charge in [0.05, 0.1) is 10.6 Å². The number of benzene rings is 4. The van der Waals surface area contributed by atoms with E-state index in [2.05, 4.69) is 27.2 Å². The summed E-state index contributed by atoms with van der Waals surface area (Å²) in [5.41, 5.74) is 5.55. The highest BCUT2D eigenvalue weighted by Gasteiger charge is 2.16. The molecule has 0 saturated heterocycles. The third kappa shape index (κ3) is 5.77. The van der Waals surface area contributed by atoms with E-state index < -0.39 is 10.0 Å². The topological polar surface area (TPSA) is 88.2 Å². The van der Waals surface area contributed by atoms with Crippen LogP contribution < -0.4 is 10.0 Å². The molecule has 0 unspecified atom stereocenters. The third-order valence-electron chi connectivity index (χ3n) is 5.72. The normalized spacial score (nSPS) is 11.2. The second-order valence-electron chi connectivity index (χ2n) is 8.43. The van der Waals surface area contributed by atoms with E-state index >= 15 is 0 Å². The molecule has 0 spiro atoms. The van der Waals surface area contributed by atoms with Gasteiger partial charge in [0, 0.05) is 22.2 Å². The standard InChI is InChI=1S/C29H23N3O3S2/c1-20-10-16-26(17-11-20)37(34,35)32-25-9-5-8-24(18-25)28(33)31-29-30-27(19-36-29)23-14-12-22(13-15-23)21-6-3-2-4-7-21/h2-19,32H,1H3,(H,30,31,33). The fraction of sp³-hybridized carbons (Fsp3) is 0.0345. The summed E-state index contributed by atoms with van der Waals surface area (Å²) in [5.74, 6) is -0.378. The molecule has 0 atom stereocenters. The van der Waals surface area contributed by atoms with Crippen molar-refractivity contribution in [2.75, 3.05) is 10.0 Å². The van der Waals surface area contributed by atoms with Gasteiger partial charge in [-0.1, -0.05) is 78.4 Å². The van der Waals surface area contributed by atoms with Crippen LogP contribution in [0.15, 0.2) is 113 Å². The zero-order chi connectivity index (χ0) is 25.8. The first-order valence-electron chi connectivity index (χ1n) is 11.5. The van der Waals surface area contributed by atoms with Gasteiger partial charge in [-0.15, -0.1) is 11.3 Å². The Kier molecular flexibility index (Phi) is 6.85. The van der Waals surface area contributed by atoms with Crippen molar-refractivity contribution in [3.05, 3.63) is 120 Å². The molecule has 37 heavy (non-hydrogen) atoms. The van der Waals surface area contributed by atoms with E-state index in [0.717, 1.165) is 27.9 Å². The molecule has 5 rings (SSSR count). The molecule has 4 aromatic carbocycles. The number of aromatic nitrogens is 1. The van der Waals surface area contributed by atoms with Crippen LogP contribution in [0.5, 0.6) is 0 Å². The number of hydrogen-bond donors (Lipinski definition) is 2. The summed E-state index contributed by atoms with van der Waals surface area (Å²) in [6.07, 6.45) is 0. The van der Waals surface area contributed by atoms with Crippen LogP contribution in [0.25, 0.3) is 22.4 Å². The highest BCUT2D eigenvalue weighted by Crippen LogP contribution is 2.28. The second kappa shape index (κ2) is 10.4. The smallest absolute Gasteiger partial charge is 0.261 e. The van der Waals surface area contributed by atoms with E-state index in [0.29, 0.717) is 16.4 Å². The zero-order valence-corrected chi connectivity index (χ0v) is 21.5. The highest BCUT2D eigenvalue weighted by molar-refractivity contribution is 7.92. The summed E-state index contributed by atoms with van der Waals surface area (Å²) in [6, 6.07) is 31.1. The Morgan fingerprint density at radius 3 is 2.19 bits per heavy atom. The van der Waals surface area contributed by atoms with E-state index in [1.165, 1.54) is 17.4 Å². The lowest BCUT2D eigenvalue weighted by molar-refractivity contribution is 0.102. The number of nitrogens with one attached hydrogen (secondary N) is 2. The molecule has 6 nitrogen and oxygen atoms in total. The van der Waals surface area contributed by atoms with Gasteiger partial charge in [-0.3, -0.25) is 14.8 Å². The molecule has 184 valence electrons. The number of carbonyl (C=O) groups excluding carboxylic acids is 1. The minimum Gasteiger partial charge on any atom is -0.298 e. The first kappa shape index (κ1) is 24.4. The third-order valence-corrected chi connectivity index (χ3v) is 7.88. The maximum Gasteiger partial charge on any atom is 0.261 e. The predicted molar refractivity (Wildman–Crippen MR) is 149 cm³/mol. The highest BCUT2D eigenvalue weighted by atomic mass is 32.2. The van der Waals surface area contributed by atoms with Gasteiger partial charge in [0.2, 0.25) is 0 Å². The van der Waals surface area contributed by atoms with Gasteiger partial charge in [0.15, 0.2) is 5.13 Å². The first-order valence-corrected chi connectivity index (χ1v) is 13.9. The number of aryl methyl sites for hydroxylation is 1. The van der Waals surface area contributed by atoms with E-state index in [1.54, 1.807) is 42.5 Å². The van der Waals surface area contributed by atoms with Gasteiger partial charge in [-0.05, 0) is 48.4 Å². The molecule has 0 saturated carbocycles. The molecule has 0 fully saturated rings. The van der Waals surface area contributed by atoms with Gasteiger partial charge >= 0.3 is 0 Å². The summed E-state index contributed by atoms with van der Waals surface area (Å²) >= 11 is 1.33. The van der Waals surface area contributed by atoms with Crippen molar-refractivity contribution in [3.63, 3.8) is 0 Å². The van der Waals surface area contributed by atoms with Crippen LogP contribution in [-0.2, 0) is 10.0 Å². The number of rotatable bonds is 7. The maximum absolute atomic E-state index is 12.9. The Balaban J connectivity index is 1.27.